The Balaban J connectivity index is 0.00000120. The van der Waals surface area contributed by atoms with E-state index in [9.17, 15) is 0 Å². The number of nitrogens with zero attached hydrogens (tertiary/aromatic N) is 2. The summed E-state index contributed by atoms with van der Waals surface area (Å²) >= 11 is 1.67. The monoisotopic (exact) mass is 324 g/mol. The molecule has 0 spiro atoms. The Bertz CT molecular complexity index is 611. The number of hydrogen-bond acceptors (Lipinski definition) is 4. The number of anilines is 1. The molecule has 0 fully saturated rings. The van der Waals surface area contributed by atoms with Gasteiger partial charge in [-0.1, -0.05) is 42.1 Å². The molecule has 2 aromatic rings. The van der Waals surface area contributed by atoms with Crippen LogP contribution >= 0.6 is 28.7 Å². The van der Waals surface area contributed by atoms with Crippen molar-refractivity contribution in [3.8, 4) is 0 Å². The smallest absolute Gasteiger partial charge is 0.172 e. The first kappa shape index (κ1) is 13.2. The topological polar surface area (TPSA) is 67.7 Å². The summed E-state index contributed by atoms with van der Waals surface area (Å²) in [7, 11) is 0. The number of benzene rings is 1. The highest BCUT2D eigenvalue weighted by atomic mass is 79.9. The molecule has 1 unspecified atom stereocenters. The summed E-state index contributed by atoms with van der Waals surface area (Å²) in [6.45, 7) is 0.823. The Hall–Kier alpha value is -1.27. The first-order valence-electron chi connectivity index (χ1n) is 5.37. The van der Waals surface area contributed by atoms with Crippen LogP contribution in [0.3, 0.4) is 0 Å². The molecule has 3 N–H and O–H groups in total. The summed E-state index contributed by atoms with van der Waals surface area (Å²) in [5.41, 5.74) is 7.41. The first-order chi connectivity index (χ1) is 8.24. The van der Waals surface area contributed by atoms with Crippen molar-refractivity contribution >= 4 is 34.6 Å². The molecule has 0 amide bonds. The van der Waals surface area contributed by atoms with Crippen molar-refractivity contribution in [2.24, 2.45) is 0 Å². The summed E-state index contributed by atoms with van der Waals surface area (Å²) < 4.78 is 1.97. The van der Waals surface area contributed by atoms with Gasteiger partial charge in [0.2, 0.25) is 0 Å². The molecule has 1 aromatic heterocycles. The Morgan fingerprint density at radius 1 is 1.33 bits per heavy atom. The van der Waals surface area contributed by atoms with Gasteiger partial charge in [0.1, 0.15) is 5.82 Å². The predicted molar refractivity (Wildman–Crippen MR) is 77.9 cm³/mol. The second-order valence-electron chi connectivity index (χ2n) is 3.98. The van der Waals surface area contributed by atoms with Crippen LogP contribution in [-0.2, 0) is 6.54 Å². The van der Waals surface area contributed by atoms with Gasteiger partial charge in [0.15, 0.2) is 10.6 Å². The Labute approximate surface area is 120 Å². The predicted octanol–water partition coefficient (Wildman–Crippen LogP) is 2.37. The van der Waals surface area contributed by atoms with Crippen molar-refractivity contribution in [1.82, 2.24) is 9.55 Å². The van der Waals surface area contributed by atoms with E-state index in [1.54, 1.807) is 17.8 Å². The van der Waals surface area contributed by atoms with Crippen molar-refractivity contribution in [1.29, 1.82) is 5.41 Å². The van der Waals surface area contributed by atoms with Crippen LogP contribution < -0.4 is 11.2 Å². The van der Waals surface area contributed by atoms with Crippen LogP contribution in [0.15, 0.2) is 41.6 Å². The highest BCUT2D eigenvalue weighted by Crippen LogP contribution is 2.41. The third-order valence-electron chi connectivity index (χ3n) is 2.81. The number of aromatic nitrogens is 2. The molecule has 0 radical (unpaired) electrons. The number of thioether (sulfide) groups is 1. The van der Waals surface area contributed by atoms with Crippen molar-refractivity contribution in [3.63, 3.8) is 0 Å². The van der Waals surface area contributed by atoms with Gasteiger partial charge in [0.05, 0.1) is 5.25 Å². The molecule has 2 heterocycles. The van der Waals surface area contributed by atoms with E-state index in [0.29, 0.717) is 11.1 Å². The van der Waals surface area contributed by atoms with Crippen molar-refractivity contribution in [2.45, 2.75) is 17.0 Å². The van der Waals surface area contributed by atoms with Gasteiger partial charge in [-0.15, -0.1) is 17.0 Å². The van der Waals surface area contributed by atoms with Crippen LogP contribution in [0, 0.1) is 5.41 Å². The quantitative estimate of drug-likeness (QED) is 0.791. The normalized spacial score (nSPS) is 17.0. The van der Waals surface area contributed by atoms with Gasteiger partial charge in [-0.3, -0.25) is 5.41 Å². The summed E-state index contributed by atoms with van der Waals surface area (Å²) in [6.07, 6.45) is 0. The third-order valence-corrected chi connectivity index (χ3v) is 4.04. The molecule has 1 aliphatic rings. The Morgan fingerprint density at radius 3 is 2.78 bits per heavy atom. The van der Waals surface area contributed by atoms with Gasteiger partial charge < -0.3 is 10.3 Å². The van der Waals surface area contributed by atoms with E-state index in [2.05, 4.69) is 17.1 Å². The number of fused-ring (bicyclic) bond motifs is 1. The number of hydrogen-bond donors (Lipinski definition) is 2. The fraction of sp³-hybridized carbons (Fsp3) is 0.167. The molecule has 3 rings (SSSR count). The van der Waals surface area contributed by atoms with Crippen LogP contribution in [0.1, 0.15) is 10.8 Å². The van der Waals surface area contributed by atoms with Crippen molar-refractivity contribution < 1.29 is 0 Å². The minimum absolute atomic E-state index is 0. The highest BCUT2D eigenvalue weighted by Gasteiger charge is 2.25. The first-order valence-corrected chi connectivity index (χ1v) is 6.25. The second-order valence-corrected chi connectivity index (χ2v) is 5.15. The Morgan fingerprint density at radius 2 is 2.06 bits per heavy atom. The molecule has 1 aliphatic heterocycles. The number of nitrogen functional groups attached to an aromatic ring is 1. The average Bonchev–Trinajstić information content (AvgIpc) is 2.74. The number of halogens is 1. The molecule has 0 saturated heterocycles. The molecular formula is C12H13BrN4S. The van der Waals surface area contributed by atoms with E-state index in [-0.39, 0.29) is 22.5 Å². The lowest BCUT2D eigenvalue weighted by Gasteiger charge is -2.08. The van der Waals surface area contributed by atoms with Crippen LogP contribution in [-0.4, -0.2) is 9.55 Å². The summed E-state index contributed by atoms with van der Waals surface area (Å²) in [6, 6.07) is 11.9. The minimum Gasteiger partial charge on any atom is -0.385 e. The number of rotatable bonds is 1. The van der Waals surface area contributed by atoms with Gasteiger partial charge in [0.25, 0.3) is 0 Å². The van der Waals surface area contributed by atoms with Crippen LogP contribution in [0.25, 0.3) is 0 Å². The molecule has 94 valence electrons. The van der Waals surface area contributed by atoms with Gasteiger partial charge in [-0.05, 0) is 5.56 Å². The third kappa shape index (κ3) is 2.30. The molecule has 1 aromatic carbocycles. The zero-order valence-electron chi connectivity index (χ0n) is 9.54. The average molecular weight is 325 g/mol. The molecule has 0 aliphatic carbocycles. The van der Waals surface area contributed by atoms with Crippen molar-refractivity contribution in [3.05, 3.63) is 47.4 Å². The van der Waals surface area contributed by atoms with Gasteiger partial charge in [-0.25, -0.2) is 4.98 Å². The fourth-order valence-corrected chi connectivity index (χ4v) is 3.20. The van der Waals surface area contributed by atoms with Gasteiger partial charge in [-0.2, -0.15) is 0 Å². The van der Waals surface area contributed by atoms with Crippen LogP contribution in [0.2, 0.25) is 0 Å². The van der Waals surface area contributed by atoms with E-state index in [4.69, 9.17) is 11.1 Å². The molecule has 0 saturated carbocycles. The lowest BCUT2D eigenvalue weighted by atomic mass is 10.1. The summed E-state index contributed by atoms with van der Waals surface area (Å²) in [5.74, 6) is 0.617. The summed E-state index contributed by atoms with van der Waals surface area (Å²) in [4.78, 5) is 4.20. The van der Waals surface area contributed by atoms with Gasteiger partial charge >= 0.3 is 0 Å². The molecule has 6 heteroatoms. The van der Waals surface area contributed by atoms with Crippen LogP contribution in [0.5, 0.6) is 0 Å². The lowest BCUT2D eigenvalue weighted by Crippen LogP contribution is -2.14. The largest absolute Gasteiger partial charge is 0.385 e. The zero-order valence-corrected chi connectivity index (χ0v) is 12.1. The van der Waals surface area contributed by atoms with E-state index in [1.165, 1.54) is 5.56 Å². The maximum atomic E-state index is 7.56. The fourth-order valence-electron chi connectivity index (χ4n) is 1.97. The molecular weight excluding hydrogens is 312 g/mol. The lowest BCUT2D eigenvalue weighted by molar-refractivity contribution is 0.638. The van der Waals surface area contributed by atoms with E-state index < -0.39 is 0 Å². The Kier molecular flexibility index (Phi) is 3.77. The van der Waals surface area contributed by atoms with Crippen LogP contribution in [0.4, 0.5) is 5.82 Å². The standard InChI is InChI=1S/C12H12N4S.BrH/c13-10-6-11(14)16-7-9(17-12(16)15-10)8-4-2-1-3-5-8;/h1-6,9,13H,7,14H2;1H. The number of nitrogens with one attached hydrogen (secondary N) is 1. The zero-order chi connectivity index (χ0) is 11.8. The van der Waals surface area contributed by atoms with E-state index in [1.807, 2.05) is 22.8 Å². The molecule has 4 nitrogen and oxygen atoms in total. The number of nitrogens with two attached hydrogens (primary N) is 1. The molecule has 0 bridgehead atoms. The minimum atomic E-state index is 0. The summed E-state index contributed by atoms with van der Waals surface area (Å²) in [5, 5.41) is 8.73. The second kappa shape index (κ2) is 5.16. The SMILES string of the molecule is Br.N=c1cc(N)n2c(n1)SC(c1ccccc1)C2. The van der Waals surface area contributed by atoms with Crippen molar-refractivity contribution in [2.75, 3.05) is 5.73 Å². The van der Waals surface area contributed by atoms with Gasteiger partial charge in [0, 0.05) is 12.6 Å². The maximum Gasteiger partial charge on any atom is 0.172 e. The van der Waals surface area contributed by atoms with E-state index in [0.717, 1.165) is 11.7 Å². The van der Waals surface area contributed by atoms with E-state index >= 15 is 0 Å². The molecule has 18 heavy (non-hydrogen) atoms. The maximum absolute atomic E-state index is 7.56. The highest BCUT2D eigenvalue weighted by molar-refractivity contribution is 8.93. The molecule has 1 atom stereocenters.